The smallest absolute Gasteiger partial charge is 0.316 e. The van der Waals surface area contributed by atoms with Crippen molar-refractivity contribution in [1.29, 1.82) is 0 Å². The van der Waals surface area contributed by atoms with Gasteiger partial charge in [-0.15, -0.1) is 0 Å². The van der Waals surface area contributed by atoms with E-state index in [1.54, 1.807) is 36.5 Å². The molecule has 2 aromatic heterocycles. The highest BCUT2D eigenvalue weighted by molar-refractivity contribution is 5.90. The molecule has 0 bridgehead atoms. The zero-order chi connectivity index (χ0) is 22.5. The highest BCUT2D eigenvalue weighted by Crippen LogP contribution is 2.24. The number of H-pyrrole nitrogens is 1. The number of carbonyl (C=O) groups is 2. The summed E-state index contributed by atoms with van der Waals surface area (Å²) in [5, 5.41) is 9.89. The second-order valence-electron chi connectivity index (χ2n) is 6.99. The normalized spacial score (nSPS) is 10.8. The van der Waals surface area contributed by atoms with E-state index in [2.05, 4.69) is 25.8 Å². The summed E-state index contributed by atoms with van der Waals surface area (Å²) in [7, 11) is 0. The molecule has 32 heavy (non-hydrogen) atoms. The summed E-state index contributed by atoms with van der Waals surface area (Å²) >= 11 is 0. The van der Waals surface area contributed by atoms with Crippen molar-refractivity contribution in [2.24, 2.45) is 0 Å². The van der Waals surface area contributed by atoms with Gasteiger partial charge in [0, 0.05) is 30.6 Å². The van der Waals surface area contributed by atoms with Crippen molar-refractivity contribution in [2.75, 3.05) is 11.9 Å². The van der Waals surface area contributed by atoms with E-state index in [9.17, 15) is 14.0 Å². The number of hydrogen-bond donors (Lipinski definition) is 3. The average Bonchev–Trinajstić information content (AvgIpc) is 3.40. The van der Waals surface area contributed by atoms with Crippen LogP contribution in [0.2, 0.25) is 0 Å². The van der Waals surface area contributed by atoms with Crippen molar-refractivity contribution in [3.63, 3.8) is 0 Å². The Morgan fingerprint density at radius 2 is 2.06 bits per heavy atom. The largest absolute Gasteiger partial charge is 0.483 e. The molecule has 0 aliphatic rings. The Labute approximate surface area is 182 Å². The number of benzene rings is 2. The van der Waals surface area contributed by atoms with Gasteiger partial charge in [0.2, 0.25) is 11.7 Å². The number of hydrogen-bond acceptors (Lipinski definition) is 6. The van der Waals surface area contributed by atoms with Gasteiger partial charge in [-0.1, -0.05) is 17.3 Å². The first-order chi connectivity index (χ1) is 15.5. The van der Waals surface area contributed by atoms with Crippen molar-refractivity contribution in [3.8, 4) is 5.75 Å². The van der Waals surface area contributed by atoms with Crippen molar-refractivity contribution >= 4 is 28.4 Å². The predicted molar refractivity (Wildman–Crippen MR) is 114 cm³/mol. The molecule has 0 radical (unpaired) electrons. The topological polar surface area (TPSA) is 122 Å². The molecule has 2 amide bonds. The summed E-state index contributed by atoms with van der Waals surface area (Å²) in [6, 6.07) is 11.4. The Morgan fingerprint density at radius 3 is 2.91 bits per heavy atom. The third-order valence-corrected chi connectivity index (χ3v) is 4.63. The maximum atomic E-state index is 13.5. The number of aromatic nitrogens is 3. The monoisotopic (exact) mass is 437 g/mol. The predicted octanol–water partition coefficient (Wildman–Crippen LogP) is 3.20. The van der Waals surface area contributed by atoms with Gasteiger partial charge in [-0.05, 0) is 42.3 Å². The number of fused-ring (bicyclic) bond motifs is 1. The van der Waals surface area contributed by atoms with E-state index in [-0.39, 0.29) is 30.0 Å². The maximum absolute atomic E-state index is 13.5. The zero-order valence-corrected chi connectivity index (χ0v) is 17.1. The van der Waals surface area contributed by atoms with Gasteiger partial charge in [0.1, 0.15) is 11.6 Å². The van der Waals surface area contributed by atoms with E-state index in [1.807, 2.05) is 0 Å². The molecule has 2 heterocycles. The average molecular weight is 437 g/mol. The van der Waals surface area contributed by atoms with Crippen LogP contribution in [0.25, 0.3) is 10.9 Å². The molecule has 0 fully saturated rings. The first-order valence-electron chi connectivity index (χ1n) is 9.85. The molecule has 9 nitrogen and oxygen atoms in total. The molecule has 0 spiro atoms. The fourth-order valence-corrected chi connectivity index (χ4v) is 3.18. The summed E-state index contributed by atoms with van der Waals surface area (Å²) in [6.45, 7) is 1.66. The maximum Gasteiger partial charge on any atom is 0.316 e. The Hall–Kier alpha value is -4.21. The highest BCUT2D eigenvalue weighted by Gasteiger charge is 2.16. The van der Waals surface area contributed by atoms with Crippen molar-refractivity contribution in [3.05, 3.63) is 71.8 Å². The number of carbonyl (C=O) groups excluding carboxylic acids is 2. The van der Waals surface area contributed by atoms with Gasteiger partial charge < -0.3 is 24.9 Å². The van der Waals surface area contributed by atoms with E-state index in [0.29, 0.717) is 24.4 Å². The molecule has 164 valence electrons. The lowest BCUT2D eigenvalue weighted by Gasteiger charge is -2.09. The quantitative estimate of drug-likeness (QED) is 0.389. The summed E-state index contributed by atoms with van der Waals surface area (Å²) in [5.41, 5.74) is 2.23. The number of para-hydroxylation sites is 2. The molecule has 0 aliphatic carbocycles. The number of ether oxygens (including phenoxy) is 1. The van der Waals surface area contributed by atoms with Crippen LogP contribution < -0.4 is 15.4 Å². The summed E-state index contributed by atoms with van der Waals surface area (Å²) < 4.78 is 24.1. The lowest BCUT2D eigenvalue weighted by molar-refractivity contribution is -0.114. The third-order valence-electron chi connectivity index (χ3n) is 4.63. The molecular weight excluding hydrogens is 417 g/mol. The van der Waals surface area contributed by atoms with Crippen molar-refractivity contribution in [2.45, 2.75) is 20.0 Å². The number of halogens is 1. The van der Waals surface area contributed by atoms with E-state index in [0.717, 1.165) is 16.5 Å². The molecule has 3 N–H and O–H groups in total. The van der Waals surface area contributed by atoms with Gasteiger partial charge in [-0.25, -0.2) is 4.39 Å². The lowest BCUT2D eigenvalue weighted by atomic mass is 10.1. The number of nitrogens with one attached hydrogen (secondary N) is 3. The fourth-order valence-electron chi connectivity index (χ4n) is 3.18. The van der Waals surface area contributed by atoms with E-state index in [1.165, 1.54) is 19.1 Å². The zero-order valence-electron chi connectivity index (χ0n) is 17.1. The molecule has 0 saturated heterocycles. The van der Waals surface area contributed by atoms with Crippen LogP contribution in [0.15, 0.2) is 53.2 Å². The van der Waals surface area contributed by atoms with Crippen LogP contribution >= 0.6 is 0 Å². The molecule has 4 rings (SSSR count). The molecule has 10 heteroatoms. The lowest BCUT2D eigenvalue weighted by Crippen LogP contribution is -2.26. The van der Waals surface area contributed by atoms with Crippen LogP contribution in [0.4, 0.5) is 10.1 Å². The van der Waals surface area contributed by atoms with Gasteiger partial charge in [-0.2, -0.15) is 4.98 Å². The number of rotatable bonds is 8. The minimum Gasteiger partial charge on any atom is -0.483 e. The van der Waals surface area contributed by atoms with Gasteiger partial charge in [0.15, 0.2) is 6.61 Å². The van der Waals surface area contributed by atoms with Crippen LogP contribution in [0.3, 0.4) is 0 Å². The summed E-state index contributed by atoms with van der Waals surface area (Å²) in [5.74, 6) is -0.634. The number of nitrogens with zero attached hydrogens (tertiary/aromatic N) is 2. The Bertz CT molecular complexity index is 1270. The van der Waals surface area contributed by atoms with E-state index >= 15 is 0 Å². The van der Waals surface area contributed by atoms with E-state index in [4.69, 9.17) is 9.26 Å². The second kappa shape index (κ2) is 9.29. The molecule has 0 saturated carbocycles. The number of anilines is 1. The first kappa shape index (κ1) is 21.0. The third kappa shape index (κ3) is 4.91. The SMILES string of the molecule is CC(=O)Nc1ccccc1OCc1noc(C(=O)NCCc2c[nH]c3ccc(F)cc23)n1. The minimum atomic E-state index is -0.520. The summed E-state index contributed by atoms with van der Waals surface area (Å²) in [6.07, 6.45) is 2.29. The van der Waals surface area contributed by atoms with Crippen LogP contribution in [-0.4, -0.2) is 33.5 Å². The molecule has 0 unspecified atom stereocenters. The highest BCUT2D eigenvalue weighted by atomic mass is 19.1. The van der Waals surface area contributed by atoms with Crippen LogP contribution in [0, 0.1) is 5.82 Å². The van der Waals surface area contributed by atoms with E-state index < -0.39 is 5.91 Å². The standard InChI is InChI=1S/C22H20FN5O4/c1-13(29)26-18-4-2-3-5-19(18)31-12-20-27-22(32-28-20)21(30)24-9-8-14-11-25-17-7-6-15(23)10-16(14)17/h2-7,10-11,25H,8-9,12H2,1H3,(H,24,30)(H,26,29). The van der Waals surface area contributed by atoms with Gasteiger partial charge in [-0.3, -0.25) is 9.59 Å². The molecular formula is C22H20FN5O4. The Morgan fingerprint density at radius 1 is 1.22 bits per heavy atom. The summed E-state index contributed by atoms with van der Waals surface area (Å²) in [4.78, 5) is 30.7. The number of aromatic amines is 1. The van der Waals surface area contributed by atoms with Gasteiger partial charge >= 0.3 is 11.8 Å². The second-order valence-corrected chi connectivity index (χ2v) is 6.99. The Balaban J connectivity index is 1.31. The van der Waals surface area contributed by atoms with Gasteiger partial charge in [0.05, 0.1) is 5.69 Å². The fraction of sp³-hybridized carbons (Fsp3) is 0.182. The number of amides is 2. The molecule has 0 atom stereocenters. The molecule has 2 aromatic carbocycles. The van der Waals surface area contributed by atoms with Crippen LogP contribution in [0.5, 0.6) is 5.75 Å². The van der Waals surface area contributed by atoms with Crippen molar-refractivity contribution in [1.82, 2.24) is 20.4 Å². The molecule has 0 aliphatic heterocycles. The van der Waals surface area contributed by atoms with Crippen molar-refractivity contribution < 1.29 is 23.2 Å². The van der Waals surface area contributed by atoms with Gasteiger partial charge in [0.25, 0.3) is 0 Å². The van der Waals surface area contributed by atoms with Crippen LogP contribution in [-0.2, 0) is 17.8 Å². The molecule has 4 aromatic rings. The Kier molecular flexibility index (Phi) is 6.11. The first-order valence-corrected chi connectivity index (χ1v) is 9.85. The minimum absolute atomic E-state index is 0.0473. The van der Waals surface area contributed by atoms with Crippen LogP contribution in [0.1, 0.15) is 29.0 Å².